The predicted molar refractivity (Wildman–Crippen MR) is 87.6 cm³/mol. The van der Waals surface area contributed by atoms with Crippen LogP contribution in [0.1, 0.15) is 38.2 Å². The number of carbonyl (C=O) groups excluding carboxylic acids is 1. The Morgan fingerprint density at radius 2 is 2.29 bits per heavy atom. The molecule has 1 amide bonds. The lowest BCUT2D eigenvalue weighted by atomic mass is 9.99. The van der Waals surface area contributed by atoms with Crippen LogP contribution in [0.5, 0.6) is 0 Å². The van der Waals surface area contributed by atoms with Crippen LogP contribution in [-0.2, 0) is 11.3 Å². The zero-order valence-electron chi connectivity index (χ0n) is 12.6. The standard InChI is InChI=1S/C16H24ClN3O/c1-2-9-19-11-12-13(17)6-5-8-14(12)20-10-4-3-7-15(20)16(18)21/h5-6,8,15,19H,2-4,7,9-11H2,1H3,(H2,18,21). The number of piperidine rings is 1. The van der Waals surface area contributed by atoms with Gasteiger partial charge in [-0.15, -0.1) is 0 Å². The maximum atomic E-state index is 11.7. The summed E-state index contributed by atoms with van der Waals surface area (Å²) in [6.45, 7) is 4.65. The second-order valence-electron chi connectivity index (χ2n) is 5.52. The molecule has 0 aliphatic carbocycles. The summed E-state index contributed by atoms with van der Waals surface area (Å²) in [4.78, 5) is 13.9. The Kier molecular flexibility index (Phi) is 5.88. The number of rotatable bonds is 6. The van der Waals surface area contributed by atoms with Crippen LogP contribution in [0.3, 0.4) is 0 Å². The monoisotopic (exact) mass is 309 g/mol. The lowest BCUT2D eigenvalue weighted by Gasteiger charge is -2.37. The third kappa shape index (κ3) is 3.89. The number of amides is 1. The smallest absolute Gasteiger partial charge is 0.240 e. The minimum absolute atomic E-state index is 0.220. The van der Waals surface area contributed by atoms with E-state index in [2.05, 4.69) is 17.1 Å². The van der Waals surface area contributed by atoms with Crippen LogP contribution in [-0.4, -0.2) is 25.0 Å². The number of nitrogens with zero attached hydrogens (tertiary/aromatic N) is 1. The van der Waals surface area contributed by atoms with Crippen LogP contribution >= 0.6 is 11.6 Å². The van der Waals surface area contributed by atoms with Crippen molar-refractivity contribution in [2.24, 2.45) is 5.73 Å². The molecule has 4 nitrogen and oxygen atoms in total. The number of nitrogens with one attached hydrogen (secondary N) is 1. The summed E-state index contributed by atoms with van der Waals surface area (Å²) in [5.74, 6) is -0.248. The van der Waals surface area contributed by atoms with E-state index in [-0.39, 0.29) is 11.9 Å². The first-order chi connectivity index (χ1) is 10.1. The predicted octanol–water partition coefficient (Wildman–Crippen LogP) is 2.68. The lowest BCUT2D eigenvalue weighted by molar-refractivity contribution is -0.119. The van der Waals surface area contributed by atoms with Gasteiger partial charge >= 0.3 is 0 Å². The second-order valence-corrected chi connectivity index (χ2v) is 5.93. The number of carbonyl (C=O) groups is 1. The molecule has 0 bridgehead atoms. The van der Waals surface area contributed by atoms with E-state index in [1.54, 1.807) is 0 Å². The average molecular weight is 310 g/mol. The normalized spacial score (nSPS) is 18.8. The van der Waals surface area contributed by atoms with Crippen molar-refractivity contribution in [3.8, 4) is 0 Å². The van der Waals surface area contributed by atoms with Crippen molar-refractivity contribution in [2.75, 3.05) is 18.0 Å². The Morgan fingerprint density at radius 1 is 1.48 bits per heavy atom. The van der Waals surface area contributed by atoms with Crippen LogP contribution in [0, 0.1) is 0 Å². The first-order valence-corrected chi connectivity index (χ1v) is 8.07. The molecule has 5 heteroatoms. The summed E-state index contributed by atoms with van der Waals surface area (Å²) in [5.41, 5.74) is 7.67. The Morgan fingerprint density at radius 3 is 3.00 bits per heavy atom. The molecule has 1 aromatic rings. The summed E-state index contributed by atoms with van der Waals surface area (Å²) in [5, 5.41) is 4.13. The van der Waals surface area contributed by atoms with E-state index >= 15 is 0 Å². The number of nitrogens with two attached hydrogens (primary N) is 1. The number of anilines is 1. The van der Waals surface area contributed by atoms with E-state index in [1.807, 2.05) is 18.2 Å². The highest BCUT2D eigenvalue weighted by molar-refractivity contribution is 6.31. The van der Waals surface area contributed by atoms with Gasteiger partial charge in [0, 0.05) is 29.4 Å². The van der Waals surface area contributed by atoms with Crippen LogP contribution in [0.2, 0.25) is 5.02 Å². The average Bonchev–Trinajstić information content (AvgIpc) is 2.49. The lowest BCUT2D eigenvalue weighted by Crippen LogP contribution is -2.48. The van der Waals surface area contributed by atoms with E-state index in [1.165, 1.54) is 0 Å². The molecule has 21 heavy (non-hydrogen) atoms. The zero-order valence-corrected chi connectivity index (χ0v) is 13.3. The number of halogens is 1. The van der Waals surface area contributed by atoms with Crippen molar-refractivity contribution in [3.05, 3.63) is 28.8 Å². The van der Waals surface area contributed by atoms with Gasteiger partial charge in [-0.3, -0.25) is 4.79 Å². The van der Waals surface area contributed by atoms with E-state index < -0.39 is 0 Å². The summed E-state index contributed by atoms with van der Waals surface area (Å²) in [6.07, 6.45) is 4.03. The fourth-order valence-corrected chi connectivity index (χ4v) is 3.13. The van der Waals surface area contributed by atoms with Gasteiger partial charge in [-0.2, -0.15) is 0 Å². The van der Waals surface area contributed by atoms with Gasteiger partial charge in [0.25, 0.3) is 0 Å². The van der Waals surface area contributed by atoms with Crippen molar-refractivity contribution in [1.82, 2.24) is 5.32 Å². The first kappa shape index (κ1) is 16.1. The highest BCUT2D eigenvalue weighted by Crippen LogP contribution is 2.32. The van der Waals surface area contributed by atoms with E-state index in [0.717, 1.165) is 55.0 Å². The quantitative estimate of drug-likeness (QED) is 0.794. The molecule has 116 valence electrons. The molecule has 0 aromatic heterocycles. The number of hydrogen-bond acceptors (Lipinski definition) is 3. The van der Waals surface area contributed by atoms with Crippen molar-refractivity contribution < 1.29 is 4.79 Å². The Balaban J connectivity index is 2.28. The molecule has 1 aliphatic heterocycles. The summed E-state index contributed by atoms with van der Waals surface area (Å²) >= 11 is 6.37. The van der Waals surface area contributed by atoms with Gasteiger partial charge in [0.2, 0.25) is 5.91 Å². The zero-order chi connectivity index (χ0) is 15.2. The molecule has 1 heterocycles. The Hall–Kier alpha value is -1.26. The Bertz CT molecular complexity index is 492. The van der Waals surface area contributed by atoms with E-state index in [4.69, 9.17) is 17.3 Å². The third-order valence-electron chi connectivity index (χ3n) is 3.96. The maximum absolute atomic E-state index is 11.7. The molecule has 3 N–H and O–H groups in total. The minimum Gasteiger partial charge on any atom is -0.368 e. The van der Waals surface area contributed by atoms with Gasteiger partial charge < -0.3 is 16.0 Å². The fourth-order valence-electron chi connectivity index (χ4n) is 2.90. The SMILES string of the molecule is CCCNCc1c(Cl)cccc1N1CCCCC1C(N)=O. The van der Waals surface area contributed by atoms with Gasteiger partial charge in [-0.1, -0.05) is 24.6 Å². The van der Waals surface area contributed by atoms with Crippen LogP contribution in [0.15, 0.2) is 18.2 Å². The molecule has 0 spiro atoms. The first-order valence-electron chi connectivity index (χ1n) is 7.69. The van der Waals surface area contributed by atoms with E-state index in [0.29, 0.717) is 6.54 Å². The molecule has 1 saturated heterocycles. The highest BCUT2D eigenvalue weighted by Gasteiger charge is 2.28. The second kappa shape index (κ2) is 7.66. The van der Waals surface area contributed by atoms with Gasteiger partial charge in [0.05, 0.1) is 0 Å². The Labute approximate surface area is 131 Å². The summed E-state index contributed by atoms with van der Waals surface area (Å²) < 4.78 is 0. The number of hydrogen-bond donors (Lipinski definition) is 2. The van der Waals surface area contributed by atoms with Gasteiger partial charge in [-0.25, -0.2) is 0 Å². The molecule has 2 rings (SSSR count). The molecular formula is C16H24ClN3O. The number of benzene rings is 1. The molecule has 1 fully saturated rings. The molecule has 0 radical (unpaired) electrons. The van der Waals surface area contributed by atoms with Crippen LogP contribution in [0.25, 0.3) is 0 Å². The number of primary amides is 1. The van der Waals surface area contributed by atoms with Gasteiger partial charge in [-0.05, 0) is 44.4 Å². The van der Waals surface area contributed by atoms with Crippen molar-refractivity contribution in [2.45, 2.75) is 45.2 Å². The topological polar surface area (TPSA) is 58.4 Å². The molecule has 1 aliphatic rings. The minimum atomic E-state index is -0.248. The van der Waals surface area contributed by atoms with Crippen molar-refractivity contribution in [1.29, 1.82) is 0 Å². The van der Waals surface area contributed by atoms with Crippen molar-refractivity contribution >= 4 is 23.2 Å². The van der Waals surface area contributed by atoms with Crippen LogP contribution in [0.4, 0.5) is 5.69 Å². The molecule has 1 atom stereocenters. The highest BCUT2D eigenvalue weighted by atomic mass is 35.5. The molecule has 1 unspecified atom stereocenters. The molecule has 0 saturated carbocycles. The summed E-state index contributed by atoms with van der Waals surface area (Å²) in [6, 6.07) is 5.66. The third-order valence-corrected chi connectivity index (χ3v) is 4.32. The van der Waals surface area contributed by atoms with Gasteiger partial charge in [0.15, 0.2) is 0 Å². The van der Waals surface area contributed by atoms with E-state index in [9.17, 15) is 4.79 Å². The molecular weight excluding hydrogens is 286 g/mol. The van der Waals surface area contributed by atoms with Crippen LogP contribution < -0.4 is 16.0 Å². The molecule has 1 aromatic carbocycles. The largest absolute Gasteiger partial charge is 0.368 e. The van der Waals surface area contributed by atoms with Crippen molar-refractivity contribution in [3.63, 3.8) is 0 Å². The van der Waals surface area contributed by atoms with Gasteiger partial charge in [0.1, 0.15) is 6.04 Å². The summed E-state index contributed by atoms with van der Waals surface area (Å²) in [7, 11) is 0. The maximum Gasteiger partial charge on any atom is 0.240 e. The fraction of sp³-hybridized carbons (Fsp3) is 0.562.